The lowest BCUT2D eigenvalue weighted by atomic mass is 9.95. The Morgan fingerprint density at radius 1 is 1.07 bits per heavy atom. The number of carbonyl (C=O) groups excluding carboxylic acids is 1. The fraction of sp³-hybridized carbons (Fsp3) is 0.917. The van der Waals surface area contributed by atoms with Gasteiger partial charge in [-0.1, -0.05) is 46.0 Å². The van der Waals surface area contributed by atoms with E-state index in [-0.39, 0.29) is 11.8 Å². The third-order valence-electron chi connectivity index (χ3n) is 2.68. The van der Waals surface area contributed by atoms with Gasteiger partial charge in [0, 0.05) is 13.0 Å². The van der Waals surface area contributed by atoms with Gasteiger partial charge in [0.2, 0.25) is 5.91 Å². The second kappa shape index (κ2) is 9.04. The van der Waals surface area contributed by atoms with Gasteiger partial charge in [0.25, 0.3) is 0 Å². The number of rotatable bonds is 8. The van der Waals surface area contributed by atoms with Crippen LogP contribution in [0.5, 0.6) is 0 Å². The fourth-order valence-electron chi connectivity index (χ4n) is 1.70. The van der Waals surface area contributed by atoms with Crippen molar-refractivity contribution in [3.8, 4) is 0 Å². The second-order valence-corrected chi connectivity index (χ2v) is 3.95. The molecule has 0 spiro atoms. The van der Waals surface area contributed by atoms with Crippen molar-refractivity contribution in [1.29, 1.82) is 0 Å². The van der Waals surface area contributed by atoms with Crippen LogP contribution in [0, 0.1) is 5.92 Å². The Morgan fingerprint density at radius 2 is 1.64 bits per heavy atom. The first-order chi connectivity index (χ1) is 6.76. The fourth-order valence-corrected chi connectivity index (χ4v) is 1.70. The van der Waals surface area contributed by atoms with Gasteiger partial charge in [0.15, 0.2) is 0 Å². The van der Waals surface area contributed by atoms with Gasteiger partial charge in [-0.05, 0) is 12.8 Å². The molecule has 0 fully saturated rings. The highest BCUT2D eigenvalue weighted by molar-refractivity contribution is 5.78. The smallest absolute Gasteiger partial charge is 0.222 e. The second-order valence-electron chi connectivity index (χ2n) is 3.95. The molecule has 0 aliphatic rings. The Bertz CT molecular complexity index is 145. The Balaban J connectivity index is 3.78. The van der Waals surface area contributed by atoms with Crippen LogP contribution in [0.2, 0.25) is 0 Å². The summed E-state index contributed by atoms with van der Waals surface area (Å²) in [6, 6.07) is 0. The van der Waals surface area contributed by atoms with Crippen LogP contribution in [0.3, 0.4) is 0 Å². The van der Waals surface area contributed by atoms with Crippen molar-refractivity contribution in [3.05, 3.63) is 0 Å². The predicted octanol–water partition coefficient (Wildman–Crippen LogP) is 3.12. The molecule has 1 unspecified atom stereocenters. The molecule has 0 bridgehead atoms. The maximum Gasteiger partial charge on any atom is 0.222 e. The summed E-state index contributed by atoms with van der Waals surface area (Å²) in [5.74, 6) is 0.487. The Hall–Kier alpha value is -0.530. The van der Waals surface area contributed by atoms with E-state index in [9.17, 15) is 4.79 Å². The van der Waals surface area contributed by atoms with E-state index in [1.807, 2.05) is 0 Å². The van der Waals surface area contributed by atoms with E-state index in [1.54, 1.807) is 7.05 Å². The maximum atomic E-state index is 11.5. The average molecular weight is 199 g/mol. The molecule has 1 amide bonds. The van der Waals surface area contributed by atoms with E-state index in [4.69, 9.17) is 0 Å². The van der Waals surface area contributed by atoms with Crippen molar-refractivity contribution in [2.24, 2.45) is 5.92 Å². The van der Waals surface area contributed by atoms with Crippen LogP contribution in [-0.2, 0) is 4.79 Å². The number of nitrogens with one attached hydrogen (secondary N) is 1. The van der Waals surface area contributed by atoms with Gasteiger partial charge in [-0.3, -0.25) is 4.79 Å². The molecule has 0 saturated carbocycles. The summed E-state index contributed by atoms with van der Waals surface area (Å²) in [6.45, 7) is 4.37. The van der Waals surface area contributed by atoms with Gasteiger partial charge in [-0.15, -0.1) is 0 Å². The molecule has 0 radical (unpaired) electrons. The molecule has 1 atom stereocenters. The molecule has 0 aliphatic carbocycles. The standard InChI is InChI=1S/C12H25NO/c1-4-6-8-10-11(9-7-5-2)12(14)13-3/h11H,4-10H2,1-3H3,(H,13,14). The molecular weight excluding hydrogens is 174 g/mol. The molecule has 14 heavy (non-hydrogen) atoms. The first-order valence-corrected chi connectivity index (χ1v) is 5.97. The predicted molar refractivity (Wildman–Crippen MR) is 61.2 cm³/mol. The normalized spacial score (nSPS) is 12.5. The summed E-state index contributed by atoms with van der Waals surface area (Å²) in [6.07, 6.45) is 8.14. The zero-order chi connectivity index (χ0) is 10.8. The number of unbranched alkanes of at least 4 members (excludes halogenated alkanes) is 3. The van der Waals surface area contributed by atoms with E-state index in [0.29, 0.717) is 0 Å². The molecule has 0 rings (SSSR count). The van der Waals surface area contributed by atoms with Crippen molar-refractivity contribution < 1.29 is 4.79 Å². The highest BCUT2D eigenvalue weighted by Crippen LogP contribution is 2.16. The van der Waals surface area contributed by atoms with Gasteiger partial charge in [-0.2, -0.15) is 0 Å². The molecule has 0 aliphatic heterocycles. The van der Waals surface area contributed by atoms with Gasteiger partial charge >= 0.3 is 0 Å². The molecule has 1 N–H and O–H groups in total. The molecular formula is C12H25NO. The molecule has 0 aromatic rings. The Labute approximate surface area is 88.5 Å². The highest BCUT2D eigenvalue weighted by Gasteiger charge is 2.15. The van der Waals surface area contributed by atoms with Crippen molar-refractivity contribution in [2.75, 3.05) is 7.05 Å². The summed E-state index contributed by atoms with van der Waals surface area (Å²) in [4.78, 5) is 11.5. The third-order valence-corrected chi connectivity index (χ3v) is 2.68. The first-order valence-electron chi connectivity index (χ1n) is 5.97. The third kappa shape index (κ3) is 6.01. The van der Waals surface area contributed by atoms with Crippen LogP contribution >= 0.6 is 0 Å². The molecule has 0 saturated heterocycles. The van der Waals surface area contributed by atoms with Crippen LogP contribution in [0.25, 0.3) is 0 Å². The SMILES string of the molecule is CCCCCC(CCCC)C(=O)NC. The van der Waals surface area contributed by atoms with Crippen LogP contribution in [0.1, 0.15) is 58.8 Å². The lowest BCUT2D eigenvalue weighted by molar-refractivity contribution is -0.125. The van der Waals surface area contributed by atoms with Gasteiger partial charge in [0.05, 0.1) is 0 Å². The quantitative estimate of drug-likeness (QED) is 0.598. The zero-order valence-corrected chi connectivity index (χ0v) is 9.94. The monoisotopic (exact) mass is 199 g/mol. The maximum absolute atomic E-state index is 11.5. The van der Waals surface area contributed by atoms with E-state index < -0.39 is 0 Å². The molecule has 2 nitrogen and oxygen atoms in total. The van der Waals surface area contributed by atoms with Gasteiger partial charge < -0.3 is 5.32 Å². The zero-order valence-electron chi connectivity index (χ0n) is 9.94. The van der Waals surface area contributed by atoms with Crippen LogP contribution in [-0.4, -0.2) is 13.0 Å². The van der Waals surface area contributed by atoms with Gasteiger partial charge in [-0.25, -0.2) is 0 Å². The summed E-state index contributed by atoms with van der Waals surface area (Å²) >= 11 is 0. The number of hydrogen-bond acceptors (Lipinski definition) is 1. The van der Waals surface area contributed by atoms with E-state index >= 15 is 0 Å². The number of hydrogen-bond donors (Lipinski definition) is 1. The molecule has 2 heteroatoms. The summed E-state index contributed by atoms with van der Waals surface area (Å²) in [5, 5.41) is 2.76. The molecule has 0 aromatic carbocycles. The van der Waals surface area contributed by atoms with Crippen molar-refractivity contribution in [3.63, 3.8) is 0 Å². The Kier molecular flexibility index (Phi) is 8.70. The summed E-state index contributed by atoms with van der Waals surface area (Å²) in [7, 11) is 1.74. The minimum atomic E-state index is 0.231. The van der Waals surface area contributed by atoms with E-state index in [2.05, 4.69) is 19.2 Å². The lowest BCUT2D eigenvalue weighted by Gasteiger charge is -2.14. The minimum absolute atomic E-state index is 0.231. The van der Waals surface area contributed by atoms with Crippen LogP contribution < -0.4 is 5.32 Å². The molecule has 84 valence electrons. The highest BCUT2D eigenvalue weighted by atomic mass is 16.1. The summed E-state index contributed by atoms with van der Waals surface area (Å²) in [5.41, 5.74) is 0. The van der Waals surface area contributed by atoms with Crippen LogP contribution in [0.4, 0.5) is 0 Å². The van der Waals surface area contributed by atoms with E-state index in [0.717, 1.165) is 12.8 Å². The minimum Gasteiger partial charge on any atom is -0.359 e. The molecule has 0 aromatic heterocycles. The van der Waals surface area contributed by atoms with Gasteiger partial charge in [0.1, 0.15) is 0 Å². The number of carbonyl (C=O) groups is 1. The lowest BCUT2D eigenvalue weighted by Crippen LogP contribution is -2.27. The van der Waals surface area contributed by atoms with Crippen molar-refractivity contribution in [2.45, 2.75) is 58.8 Å². The van der Waals surface area contributed by atoms with E-state index in [1.165, 1.54) is 32.1 Å². The topological polar surface area (TPSA) is 29.1 Å². The Morgan fingerprint density at radius 3 is 2.14 bits per heavy atom. The van der Waals surface area contributed by atoms with Crippen LogP contribution in [0.15, 0.2) is 0 Å². The molecule has 0 heterocycles. The largest absolute Gasteiger partial charge is 0.359 e. The van der Waals surface area contributed by atoms with Crippen molar-refractivity contribution in [1.82, 2.24) is 5.32 Å². The number of amides is 1. The van der Waals surface area contributed by atoms with Crippen molar-refractivity contribution >= 4 is 5.91 Å². The first kappa shape index (κ1) is 13.5. The summed E-state index contributed by atoms with van der Waals surface area (Å²) < 4.78 is 0. The average Bonchev–Trinajstić information content (AvgIpc) is 2.22.